The molecule has 34 heavy (non-hydrogen) atoms. The fourth-order valence-corrected chi connectivity index (χ4v) is 4.69. The van der Waals surface area contributed by atoms with Crippen LogP contribution in [0.1, 0.15) is 36.6 Å². The highest BCUT2D eigenvalue weighted by molar-refractivity contribution is 7.98. The van der Waals surface area contributed by atoms with Gasteiger partial charge in [-0.1, -0.05) is 86.1 Å². The van der Waals surface area contributed by atoms with Gasteiger partial charge in [0.15, 0.2) is 0 Å². The lowest BCUT2D eigenvalue weighted by molar-refractivity contribution is 0.253. The summed E-state index contributed by atoms with van der Waals surface area (Å²) in [5.41, 5.74) is 5.22. The molecule has 0 atom stereocenters. The molecule has 0 radical (unpaired) electrons. The van der Waals surface area contributed by atoms with Crippen molar-refractivity contribution in [2.75, 3.05) is 12.8 Å². The molecule has 0 fully saturated rings. The highest BCUT2D eigenvalue weighted by Crippen LogP contribution is 2.22. The van der Waals surface area contributed by atoms with Gasteiger partial charge >= 0.3 is 0 Å². The van der Waals surface area contributed by atoms with Crippen molar-refractivity contribution in [1.29, 1.82) is 0 Å². The van der Waals surface area contributed by atoms with E-state index in [1.807, 2.05) is 0 Å². The second-order valence-corrected chi connectivity index (χ2v) is 9.62. The zero-order valence-corrected chi connectivity index (χ0v) is 21.2. The summed E-state index contributed by atoms with van der Waals surface area (Å²) < 4.78 is 2.43. The van der Waals surface area contributed by atoms with E-state index in [4.69, 9.17) is 4.98 Å². The summed E-state index contributed by atoms with van der Waals surface area (Å²) >= 11 is 1.79. The van der Waals surface area contributed by atoms with E-state index >= 15 is 0 Å². The Morgan fingerprint density at radius 1 is 0.824 bits per heavy atom. The van der Waals surface area contributed by atoms with Crippen LogP contribution in [-0.4, -0.2) is 27.3 Å². The first kappa shape index (κ1) is 24.3. The number of nitrogens with zero attached hydrogens (tertiary/aromatic N) is 3. The minimum Gasteiger partial charge on any atom is -0.327 e. The minimum atomic E-state index is 0.890. The Labute approximate surface area is 208 Å². The first-order chi connectivity index (χ1) is 16.8. The number of unbranched alkanes of at least 4 members (excludes halogenated alkanes) is 1. The number of benzene rings is 3. The van der Waals surface area contributed by atoms with Crippen LogP contribution >= 0.6 is 11.8 Å². The van der Waals surface area contributed by atoms with Gasteiger partial charge < -0.3 is 4.57 Å². The van der Waals surface area contributed by atoms with E-state index in [2.05, 4.69) is 114 Å². The topological polar surface area (TPSA) is 21.1 Å². The summed E-state index contributed by atoms with van der Waals surface area (Å²) in [5.74, 6) is 1.08. The third-order valence-electron chi connectivity index (χ3n) is 6.22. The molecule has 3 aromatic carbocycles. The van der Waals surface area contributed by atoms with E-state index in [9.17, 15) is 0 Å². The van der Waals surface area contributed by atoms with Gasteiger partial charge in [0.05, 0.1) is 11.9 Å². The molecule has 0 spiro atoms. The second kappa shape index (κ2) is 12.6. The Morgan fingerprint density at radius 2 is 1.53 bits per heavy atom. The monoisotopic (exact) mass is 469 g/mol. The molecular formula is C30H35N3S. The van der Waals surface area contributed by atoms with Crippen molar-refractivity contribution < 1.29 is 0 Å². The molecule has 0 N–H and O–H groups in total. The lowest BCUT2D eigenvalue weighted by Crippen LogP contribution is -2.26. The minimum absolute atomic E-state index is 0.890. The Hall–Kier alpha value is -2.82. The summed E-state index contributed by atoms with van der Waals surface area (Å²) in [6, 6.07) is 30.4. The van der Waals surface area contributed by atoms with Crippen LogP contribution in [0.3, 0.4) is 0 Å². The maximum atomic E-state index is 4.87. The molecule has 176 valence electrons. The smallest absolute Gasteiger partial charge is 0.140 e. The molecule has 0 saturated carbocycles. The van der Waals surface area contributed by atoms with Crippen molar-refractivity contribution in [3.05, 3.63) is 108 Å². The van der Waals surface area contributed by atoms with Crippen LogP contribution in [-0.2, 0) is 26.1 Å². The molecule has 0 aliphatic heterocycles. The fourth-order valence-electron chi connectivity index (χ4n) is 4.28. The van der Waals surface area contributed by atoms with Crippen LogP contribution in [0.15, 0.2) is 96.0 Å². The van der Waals surface area contributed by atoms with Crippen LogP contribution in [0, 0.1) is 0 Å². The van der Waals surface area contributed by atoms with E-state index in [1.165, 1.54) is 33.7 Å². The lowest BCUT2D eigenvalue weighted by Gasteiger charge is -2.24. The number of rotatable bonds is 12. The van der Waals surface area contributed by atoms with E-state index in [1.54, 1.807) is 11.8 Å². The Balaban J connectivity index is 1.56. The van der Waals surface area contributed by atoms with E-state index in [-0.39, 0.29) is 0 Å². The zero-order valence-electron chi connectivity index (χ0n) is 20.4. The van der Waals surface area contributed by atoms with Gasteiger partial charge in [-0.05, 0) is 42.4 Å². The normalized spacial score (nSPS) is 11.3. The molecule has 4 aromatic rings. The van der Waals surface area contributed by atoms with Crippen LogP contribution < -0.4 is 0 Å². The first-order valence-corrected chi connectivity index (χ1v) is 13.5. The largest absolute Gasteiger partial charge is 0.327 e. The number of imidazole rings is 1. The predicted octanol–water partition coefficient (Wildman–Crippen LogP) is 7.32. The summed E-state index contributed by atoms with van der Waals surface area (Å²) in [5, 5.41) is 0. The van der Waals surface area contributed by atoms with Gasteiger partial charge in [-0.3, -0.25) is 4.90 Å². The van der Waals surface area contributed by atoms with E-state index in [0.717, 1.165) is 44.8 Å². The van der Waals surface area contributed by atoms with E-state index in [0.29, 0.717) is 0 Å². The summed E-state index contributed by atoms with van der Waals surface area (Å²) in [6.07, 6.45) is 7.58. The molecule has 4 rings (SSSR count). The summed E-state index contributed by atoms with van der Waals surface area (Å²) in [7, 11) is 0. The third kappa shape index (κ3) is 6.62. The molecule has 1 aromatic heterocycles. The number of thioether (sulfide) groups is 1. The van der Waals surface area contributed by atoms with Crippen LogP contribution in [0.2, 0.25) is 0 Å². The highest BCUT2D eigenvalue weighted by atomic mass is 32.2. The van der Waals surface area contributed by atoms with Gasteiger partial charge in [-0.25, -0.2) is 4.98 Å². The number of aromatic nitrogens is 2. The molecule has 0 unspecified atom stereocenters. The van der Waals surface area contributed by atoms with Gasteiger partial charge in [0.25, 0.3) is 0 Å². The van der Waals surface area contributed by atoms with Gasteiger partial charge in [0.2, 0.25) is 0 Å². The quantitative estimate of drug-likeness (QED) is 0.203. The van der Waals surface area contributed by atoms with Crippen molar-refractivity contribution in [3.63, 3.8) is 0 Å². The molecule has 0 saturated heterocycles. The molecule has 0 aliphatic carbocycles. The van der Waals surface area contributed by atoms with Crippen molar-refractivity contribution >= 4 is 11.8 Å². The van der Waals surface area contributed by atoms with E-state index < -0.39 is 0 Å². The van der Waals surface area contributed by atoms with Crippen molar-refractivity contribution in [1.82, 2.24) is 14.5 Å². The maximum Gasteiger partial charge on any atom is 0.140 e. The first-order valence-electron chi connectivity index (χ1n) is 12.3. The average Bonchev–Trinajstić information content (AvgIpc) is 3.29. The van der Waals surface area contributed by atoms with Crippen molar-refractivity contribution in [2.45, 2.75) is 50.7 Å². The molecule has 3 nitrogen and oxygen atoms in total. The number of hydrogen-bond donors (Lipinski definition) is 0. The molecular weight excluding hydrogens is 434 g/mol. The van der Waals surface area contributed by atoms with Crippen LogP contribution in [0.25, 0.3) is 11.4 Å². The van der Waals surface area contributed by atoms with Gasteiger partial charge in [-0.2, -0.15) is 0 Å². The Bertz CT molecular complexity index is 1120. The average molecular weight is 470 g/mol. The predicted molar refractivity (Wildman–Crippen MR) is 145 cm³/mol. The Kier molecular flexibility index (Phi) is 9.00. The molecule has 0 amide bonds. The second-order valence-electron chi connectivity index (χ2n) is 8.74. The SMILES string of the molecule is CCCCn1c(CN(CCc2ccc(SC)cc2)Cc2ccccc2)cnc1-c1ccccc1. The highest BCUT2D eigenvalue weighted by Gasteiger charge is 2.15. The summed E-state index contributed by atoms with van der Waals surface area (Å²) in [6.45, 7) is 6.09. The molecule has 4 heteroatoms. The van der Waals surface area contributed by atoms with Crippen LogP contribution in [0.5, 0.6) is 0 Å². The zero-order chi connectivity index (χ0) is 23.6. The van der Waals surface area contributed by atoms with Gasteiger partial charge in [-0.15, -0.1) is 11.8 Å². The standard InChI is InChI=1S/C30H35N3S/c1-3-4-20-33-28(22-31-30(33)27-13-9-6-10-14-27)24-32(23-26-11-7-5-8-12-26)21-19-25-15-17-29(34-2)18-16-25/h5-18,22H,3-4,19-21,23-24H2,1-2H3. The van der Waals surface area contributed by atoms with Crippen LogP contribution in [0.4, 0.5) is 0 Å². The lowest BCUT2D eigenvalue weighted by atomic mass is 10.1. The van der Waals surface area contributed by atoms with Gasteiger partial charge in [0.1, 0.15) is 5.82 Å². The molecule has 0 aliphatic rings. The third-order valence-corrected chi connectivity index (χ3v) is 6.96. The summed E-state index contributed by atoms with van der Waals surface area (Å²) in [4.78, 5) is 8.75. The van der Waals surface area contributed by atoms with Crippen molar-refractivity contribution in [3.8, 4) is 11.4 Å². The fraction of sp³-hybridized carbons (Fsp3) is 0.300. The number of hydrogen-bond acceptors (Lipinski definition) is 3. The van der Waals surface area contributed by atoms with Crippen molar-refractivity contribution in [2.24, 2.45) is 0 Å². The molecule has 0 bridgehead atoms. The maximum absolute atomic E-state index is 4.87. The molecule has 1 heterocycles. The van der Waals surface area contributed by atoms with Gasteiger partial charge in [0, 0.05) is 36.6 Å². The Morgan fingerprint density at radius 3 is 2.21 bits per heavy atom.